The lowest BCUT2D eigenvalue weighted by atomic mass is 10.1. The van der Waals surface area contributed by atoms with Crippen LogP contribution in [0.5, 0.6) is 0 Å². The van der Waals surface area contributed by atoms with Gasteiger partial charge in [0.1, 0.15) is 5.82 Å². The number of benzene rings is 1. The third kappa shape index (κ3) is 6.12. The Morgan fingerprint density at radius 1 is 1.15 bits per heavy atom. The Kier molecular flexibility index (Phi) is 6.70. The van der Waals surface area contributed by atoms with Crippen LogP contribution in [0.2, 0.25) is 0 Å². The minimum Gasteiger partial charge on any atom is -0.370 e. The molecule has 0 fully saturated rings. The topological polar surface area (TPSA) is 114 Å². The zero-order valence-corrected chi connectivity index (χ0v) is 15.7. The highest BCUT2D eigenvalue weighted by Gasteiger charge is 2.08. The van der Waals surface area contributed by atoms with Gasteiger partial charge in [-0.1, -0.05) is 26.0 Å². The first-order chi connectivity index (χ1) is 12.3. The quantitative estimate of drug-likeness (QED) is 0.650. The van der Waals surface area contributed by atoms with Crippen molar-refractivity contribution in [2.24, 2.45) is 11.1 Å². The molecule has 140 valence electrons. The monoisotopic (exact) mass is 376 g/mol. The molecule has 2 rings (SSSR count). The SMILES string of the molecule is CC(C)CNC(=O)c1ccc(NCCc2ccc(S(N)(=O)=O)cc2)nc1. The van der Waals surface area contributed by atoms with Crippen LogP contribution >= 0.6 is 0 Å². The molecule has 2 aromatic rings. The van der Waals surface area contributed by atoms with Crippen LogP contribution in [0.4, 0.5) is 5.82 Å². The van der Waals surface area contributed by atoms with Gasteiger partial charge in [-0.15, -0.1) is 0 Å². The van der Waals surface area contributed by atoms with E-state index >= 15 is 0 Å². The van der Waals surface area contributed by atoms with Crippen LogP contribution in [-0.4, -0.2) is 32.4 Å². The molecule has 0 aliphatic carbocycles. The third-order valence-electron chi connectivity index (χ3n) is 3.67. The number of aromatic nitrogens is 1. The second-order valence-corrected chi connectivity index (χ2v) is 7.96. The lowest BCUT2D eigenvalue weighted by molar-refractivity contribution is 0.0948. The van der Waals surface area contributed by atoms with Crippen molar-refractivity contribution in [1.29, 1.82) is 0 Å². The fourth-order valence-electron chi connectivity index (χ4n) is 2.21. The molecule has 7 nitrogen and oxygen atoms in total. The van der Waals surface area contributed by atoms with E-state index in [-0.39, 0.29) is 10.8 Å². The Labute approximate surface area is 154 Å². The van der Waals surface area contributed by atoms with E-state index in [1.54, 1.807) is 30.5 Å². The lowest BCUT2D eigenvalue weighted by Crippen LogP contribution is -2.27. The molecule has 1 amide bonds. The summed E-state index contributed by atoms with van der Waals surface area (Å²) in [5.74, 6) is 0.936. The van der Waals surface area contributed by atoms with Gasteiger partial charge >= 0.3 is 0 Å². The Hall–Kier alpha value is -2.45. The highest BCUT2D eigenvalue weighted by Crippen LogP contribution is 2.10. The van der Waals surface area contributed by atoms with E-state index in [0.29, 0.717) is 36.8 Å². The highest BCUT2D eigenvalue weighted by atomic mass is 32.2. The van der Waals surface area contributed by atoms with Crippen molar-refractivity contribution < 1.29 is 13.2 Å². The molecule has 1 aromatic heterocycles. The molecule has 26 heavy (non-hydrogen) atoms. The lowest BCUT2D eigenvalue weighted by Gasteiger charge is -2.09. The molecule has 0 atom stereocenters. The van der Waals surface area contributed by atoms with E-state index in [1.165, 1.54) is 12.1 Å². The number of nitrogens with two attached hydrogens (primary N) is 1. The van der Waals surface area contributed by atoms with Gasteiger partial charge in [-0.05, 0) is 42.2 Å². The van der Waals surface area contributed by atoms with Crippen LogP contribution in [0, 0.1) is 5.92 Å². The maximum atomic E-state index is 11.9. The molecule has 0 bridgehead atoms. The van der Waals surface area contributed by atoms with Crippen LogP contribution in [0.25, 0.3) is 0 Å². The number of carbonyl (C=O) groups excluding carboxylic acids is 1. The van der Waals surface area contributed by atoms with Crippen LogP contribution < -0.4 is 15.8 Å². The molecular formula is C18H24N4O3S. The zero-order valence-electron chi connectivity index (χ0n) is 14.9. The van der Waals surface area contributed by atoms with Crippen molar-refractivity contribution in [3.63, 3.8) is 0 Å². The van der Waals surface area contributed by atoms with E-state index in [1.807, 2.05) is 13.8 Å². The molecule has 0 spiro atoms. The smallest absolute Gasteiger partial charge is 0.252 e. The van der Waals surface area contributed by atoms with Crippen molar-refractivity contribution in [3.05, 3.63) is 53.7 Å². The molecule has 0 saturated heterocycles. The Morgan fingerprint density at radius 2 is 1.85 bits per heavy atom. The zero-order chi connectivity index (χ0) is 19.2. The first-order valence-corrected chi connectivity index (χ1v) is 9.90. The van der Waals surface area contributed by atoms with Gasteiger partial charge < -0.3 is 10.6 Å². The van der Waals surface area contributed by atoms with E-state index in [4.69, 9.17) is 5.14 Å². The average Bonchev–Trinajstić information content (AvgIpc) is 2.60. The number of sulfonamides is 1. The fraction of sp³-hybridized carbons (Fsp3) is 0.333. The molecule has 0 saturated carbocycles. The predicted molar refractivity (Wildman–Crippen MR) is 101 cm³/mol. The largest absolute Gasteiger partial charge is 0.370 e. The summed E-state index contributed by atoms with van der Waals surface area (Å²) in [7, 11) is -3.66. The summed E-state index contributed by atoms with van der Waals surface area (Å²) in [6.45, 7) is 5.33. The number of amides is 1. The Morgan fingerprint density at radius 3 is 2.38 bits per heavy atom. The van der Waals surface area contributed by atoms with Crippen molar-refractivity contribution in [1.82, 2.24) is 10.3 Å². The summed E-state index contributed by atoms with van der Waals surface area (Å²) >= 11 is 0. The summed E-state index contributed by atoms with van der Waals surface area (Å²) < 4.78 is 22.4. The van der Waals surface area contributed by atoms with Crippen LogP contribution in [0.1, 0.15) is 29.8 Å². The van der Waals surface area contributed by atoms with E-state index < -0.39 is 10.0 Å². The van der Waals surface area contributed by atoms with Gasteiger partial charge in [-0.25, -0.2) is 18.5 Å². The van der Waals surface area contributed by atoms with Gasteiger partial charge in [0.25, 0.3) is 5.91 Å². The van der Waals surface area contributed by atoms with Gasteiger partial charge in [0.2, 0.25) is 10.0 Å². The fourth-order valence-corrected chi connectivity index (χ4v) is 2.73. The van der Waals surface area contributed by atoms with Crippen molar-refractivity contribution in [2.75, 3.05) is 18.4 Å². The summed E-state index contributed by atoms with van der Waals surface area (Å²) in [5.41, 5.74) is 1.50. The number of hydrogen-bond acceptors (Lipinski definition) is 5. The number of rotatable bonds is 8. The molecule has 1 heterocycles. The number of carbonyl (C=O) groups is 1. The molecule has 0 aliphatic rings. The summed E-state index contributed by atoms with van der Waals surface area (Å²) in [4.78, 5) is 16.3. The summed E-state index contributed by atoms with van der Waals surface area (Å²) in [6, 6.07) is 9.94. The van der Waals surface area contributed by atoms with Crippen LogP contribution in [0.3, 0.4) is 0 Å². The van der Waals surface area contributed by atoms with Gasteiger partial charge in [0, 0.05) is 19.3 Å². The van der Waals surface area contributed by atoms with Gasteiger partial charge in [-0.2, -0.15) is 0 Å². The second-order valence-electron chi connectivity index (χ2n) is 6.40. The van der Waals surface area contributed by atoms with Crippen LogP contribution in [0.15, 0.2) is 47.5 Å². The van der Waals surface area contributed by atoms with E-state index in [0.717, 1.165) is 5.56 Å². The Balaban J connectivity index is 1.83. The maximum absolute atomic E-state index is 11.9. The number of primary sulfonamides is 1. The van der Waals surface area contributed by atoms with E-state index in [2.05, 4.69) is 15.6 Å². The maximum Gasteiger partial charge on any atom is 0.252 e. The highest BCUT2D eigenvalue weighted by molar-refractivity contribution is 7.89. The second kappa shape index (κ2) is 8.77. The van der Waals surface area contributed by atoms with E-state index in [9.17, 15) is 13.2 Å². The number of hydrogen-bond donors (Lipinski definition) is 3. The first kappa shape index (κ1) is 19.9. The van der Waals surface area contributed by atoms with Gasteiger partial charge in [0.15, 0.2) is 0 Å². The van der Waals surface area contributed by atoms with Crippen molar-refractivity contribution in [3.8, 4) is 0 Å². The Bertz CT molecular complexity index is 832. The molecule has 8 heteroatoms. The number of anilines is 1. The summed E-state index contributed by atoms with van der Waals surface area (Å²) in [5, 5.41) is 11.1. The molecule has 0 aliphatic heterocycles. The number of nitrogens with one attached hydrogen (secondary N) is 2. The molecule has 1 aromatic carbocycles. The predicted octanol–water partition coefficient (Wildman–Crippen LogP) is 1.77. The minimum absolute atomic E-state index is 0.0993. The van der Waals surface area contributed by atoms with Gasteiger partial charge in [-0.3, -0.25) is 4.79 Å². The number of nitrogens with zero attached hydrogens (tertiary/aromatic N) is 1. The first-order valence-electron chi connectivity index (χ1n) is 8.35. The molecule has 0 radical (unpaired) electrons. The van der Waals surface area contributed by atoms with Crippen LogP contribution in [-0.2, 0) is 16.4 Å². The standard InChI is InChI=1S/C18H24N4O3S/c1-13(2)11-22-18(23)15-5-8-17(21-12-15)20-10-9-14-3-6-16(7-4-14)26(19,24)25/h3-8,12-13H,9-11H2,1-2H3,(H,20,21)(H,22,23)(H2,19,24,25). The minimum atomic E-state index is -3.66. The average molecular weight is 376 g/mol. The molecule has 4 N–H and O–H groups in total. The third-order valence-corrected chi connectivity index (χ3v) is 4.60. The summed E-state index contributed by atoms with van der Waals surface area (Å²) in [6.07, 6.45) is 2.24. The van der Waals surface area contributed by atoms with Crippen molar-refractivity contribution >= 4 is 21.7 Å². The normalized spacial score (nSPS) is 11.4. The molecule has 0 unspecified atom stereocenters. The van der Waals surface area contributed by atoms with Gasteiger partial charge in [0.05, 0.1) is 10.5 Å². The van der Waals surface area contributed by atoms with Crippen molar-refractivity contribution in [2.45, 2.75) is 25.2 Å². The molecular weight excluding hydrogens is 352 g/mol. The number of pyridine rings is 1.